The first-order chi connectivity index (χ1) is 7.36. The van der Waals surface area contributed by atoms with Crippen molar-refractivity contribution in [2.75, 3.05) is 13.7 Å². The summed E-state index contributed by atoms with van der Waals surface area (Å²) in [5, 5.41) is 0. The largest absolute Gasteiger partial charge is 0.491 e. The van der Waals surface area contributed by atoms with Crippen LogP contribution in [0.15, 0.2) is 30.3 Å². The van der Waals surface area contributed by atoms with Gasteiger partial charge in [-0.3, -0.25) is 0 Å². The second kappa shape index (κ2) is 9.53. The molecule has 1 aromatic rings. The number of ether oxygens (including phenoxy) is 2. The Bertz CT molecular complexity index is 217. The molecule has 0 spiro atoms. The van der Waals surface area contributed by atoms with Crippen LogP contribution < -0.4 is 4.74 Å². The van der Waals surface area contributed by atoms with Crippen molar-refractivity contribution in [3.8, 4) is 5.75 Å². The van der Waals surface area contributed by atoms with Crippen molar-refractivity contribution in [3.63, 3.8) is 0 Å². The van der Waals surface area contributed by atoms with Gasteiger partial charge in [-0.1, -0.05) is 39.0 Å². The lowest BCUT2D eigenvalue weighted by Crippen LogP contribution is -2.18. The summed E-state index contributed by atoms with van der Waals surface area (Å²) in [4.78, 5) is 0. The van der Waals surface area contributed by atoms with Gasteiger partial charge in [0, 0.05) is 7.11 Å². The van der Waals surface area contributed by atoms with E-state index >= 15 is 0 Å². The molecule has 0 aromatic heterocycles. The molecule has 0 amide bonds. The van der Waals surface area contributed by atoms with Crippen LogP contribution in [0.2, 0.25) is 0 Å². The third kappa shape index (κ3) is 6.13. The smallest absolute Gasteiger partial charge is 0.119 e. The third-order valence-electron chi connectivity index (χ3n) is 1.97. The molecule has 0 aliphatic rings. The molecule has 1 aromatic carbocycles. The number of hydrogen-bond acceptors (Lipinski definition) is 2. The van der Waals surface area contributed by atoms with Crippen LogP contribution in [0.1, 0.15) is 27.2 Å². The predicted molar refractivity (Wildman–Crippen MR) is 64.4 cm³/mol. The highest BCUT2D eigenvalue weighted by Gasteiger charge is 2.03. The molecule has 2 heteroatoms. The SMILES string of the molecule is CC.CCC(COc1ccccc1)OC. The van der Waals surface area contributed by atoms with Gasteiger partial charge in [0.2, 0.25) is 0 Å². The average Bonchev–Trinajstić information content (AvgIpc) is 2.34. The van der Waals surface area contributed by atoms with E-state index in [1.54, 1.807) is 7.11 Å². The zero-order valence-corrected chi connectivity index (χ0v) is 10.2. The lowest BCUT2D eigenvalue weighted by molar-refractivity contribution is 0.0556. The van der Waals surface area contributed by atoms with E-state index in [0.29, 0.717) is 6.61 Å². The molecule has 0 saturated carbocycles. The van der Waals surface area contributed by atoms with Gasteiger partial charge < -0.3 is 9.47 Å². The van der Waals surface area contributed by atoms with Crippen LogP contribution in [0.4, 0.5) is 0 Å². The Morgan fingerprint density at radius 3 is 2.20 bits per heavy atom. The lowest BCUT2D eigenvalue weighted by atomic mass is 10.3. The van der Waals surface area contributed by atoms with Gasteiger partial charge in [-0.05, 0) is 18.6 Å². The highest BCUT2D eigenvalue weighted by atomic mass is 16.5. The maximum Gasteiger partial charge on any atom is 0.119 e. The maximum absolute atomic E-state index is 5.52. The minimum atomic E-state index is 0.195. The molecule has 0 heterocycles. The summed E-state index contributed by atoms with van der Waals surface area (Å²) in [6, 6.07) is 9.79. The number of rotatable bonds is 5. The van der Waals surface area contributed by atoms with Gasteiger partial charge in [0.05, 0.1) is 6.10 Å². The standard InChI is InChI=1S/C11H16O2.C2H6/c1-3-10(12-2)9-13-11-7-5-4-6-8-11;1-2/h4-8,10H,3,9H2,1-2H3;1-2H3. The first kappa shape index (κ1) is 14.0. The number of benzene rings is 1. The van der Waals surface area contributed by atoms with E-state index < -0.39 is 0 Å². The number of hydrogen-bond donors (Lipinski definition) is 0. The zero-order chi connectivity index (χ0) is 11.5. The van der Waals surface area contributed by atoms with Gasteiger partial charge in [-0.25, -0.2) is 0 Å². The third-order valence-corrected chi connectivity index (χ3v) is 1.97. The molecule has 0 fully saturated rings. The van der Waals surface area contributed by atoms with Gasteiger partial charge in [0.15, 0.2) is 0 Å². The minimum absolute atomic E-state index is 0.195. The van der Waals surface area contributed by atoms with E-state index in [1.165, 1.54) is 0 Å². The molecular formula is C13H22O2. The average molecular weight is 210 g/mol. The Morgan fingerprint density at radius 2 is 1.73 bits per heavy atom. The summed E-state index contributed by atoms with van der Waals surface area (Å²) >= 11 is 0. The van der Waals surface area contributed by atoms with Crippen molar-refractivity contribution < 1.29 is 9.47 Å². The van der Waals surface area contributed by atoms with E-state index in [0.717, 1.165) is 12.2 Å². The molecule has 15 heavy (non-hydrogen) atoms. The van der Waals surface area contributed by atoms with Crippen molar-refractivity contribution in [1.29, 1.82) is 0 Å². The van der Waals surface area contributed by atoms with Crippen molar-refractivity contribution in [2.24, 2.45) is 0 Å². The molecule has 86 valence electrons. The van der Waals surface area contributed by atoms with Crippen LogP contribution in [0.25, 0.3) is 0 Å². The molecular weight excluding hydrogens is 188 g/mol. The Kier molecular flexibility index (Phi) is 8.88. The second-order valence-electron chi connectivity index (χ2n) is 2.89. The van der Waals surface area contributed by atoms with Crippen molar-refractivity contribution in [1.82, 2.24) is 0 Å². The number of methoxy groups -OCH3 is 1. The molecule has 1 unspecified atom stereocenters. The molecule has 0 N–H and O–H groups in total. The van der Waals surface area contributed by atoms with Gasteiger partial charge in [-0.15, -0.1) is 0 Å². The van der Waals surface area contributed by atoms with Crippen molar-refractivity contribution >= 4 is 0 Å². The van der Waals surface area contributed by atoms with Crippen LogP contribution in [0.3, 0.4) is 0 Å². The Morgan fingerprint density at radius 1 is 1.13 bits per heavy atom. The van der Waals surface area contributed by atoms with Gasteiger partial charge in [0.25, 0.3) is 0 Å². The van der Waals surface area contributed by atoms with E-state index in [1.807, 2.05) is 44.2 Å². The summed E-state index contributed by atoms with van der Waals surface area (Å²) < 4.78 is 10.7. The summed E-state index contributed by atoms with van der Waals surface area (Å²) in [6.07, 6.45) is 1.17. The molecule has 0 saturated heterocycles. The second-order valence-corrected chi connectivity index (χ2v) is 2.89. The van der Waals surface area contributed by atoms with E-state index in [9.17, 15) is 0 Å². The topological polar surface area (TPSA) is 18.5 Å². The molecule has 0 radical (unpaired) electrons. The highest BCUT2D eigenvalue weighted by Crippen LogP contribution is 2.09. The summed E-state index contributed by atoms with van der Waals surface area (Å²) in [7, 11) is 1.71. The summed E-state index contributed by atoms with van der Waals surface area (Å²) in [5.74, 6) is 0.901. The normalized spacial score (nSPS) is 11.2. The molecule has 2 nitrogen and oxygen atoms in total. The summed E-state index contributed by atoms with van der Waals surface area (Å²) in [6.45, 7) is 6.71. The van der Waals surface area contributed by atoms with Gasteiger partial charge in [0.1, 0.15) is 12.4 Å². The number of para-hydroxylation sites is 1. The maximum atomic E-state index is 5.52. The fourth-order valence-corrected chi connectivity index (χ4v) is 1.06. The first-order valence-corrected chi connectivity index (χ1v) is 5.57. The Labute approximate surface area is 93.2 Å². The fourth-order valence-electron chi connectivity index (χ4n) is 1.06. The predicted octanol–water partition coefficient (Wildman–Crippen LogP) is 3.52. The zero-order valence-electron chi connectivity index (χ0n) is 10.2. The minimum Gasteiger partial charge on any atom is -0.491 e. The molecule has 0 bridgehead atoms. The summed E-state index contributed by atoms with van der Waals surface area (Å²) in [5.41, 5.74) is 0. The van der Waals surface area contributed by atoms with E-state index in [2.05, 4.69) is 6.92 Å². The van der Waals surface area contributed by atoms with Crippen LogP contribution in [0, 0.1) is 0 Å². The van der Waals surface area contributed by atoms with Crippen LogP contribution in [-0.2, 0) is 4.74 Å². The van der Waals surface area contributed by atoms with Gasteiger partial charge in [-0.2, -0.15) is 0 Å². The Hall–Kier alpha value is -1.02. The van der Waals surface area contributed by atoms with Crippen molar-refractivity contribution in [2.45, 2.75) is 33.3 Å². The molecule has 1 atom stereocenters. The molecule has 0 aliphatic heterocycles. The first-order valence-electron chi connectivity index (χ1n) is 5.57. The van der Waals surface area contributed by atoms with Crippen molar-refractivity contribution in [3.05, 3.63) is 30.3 Å². The molecule has 0 aliphatic carbocycles. The van der Waals surface area contributed by atoms with Crippen LogP contribution in [-0.4, -0.2) is 19.8 Å². The Balaban J connectivity index is 0.000000921. The van der Waals surface area contributed by atoms with Gasteiger partial charge >= 0.3 is 0 Å². The van der Waals surface area contributed by atoms with E-state index in [4.69, 9.17) is 9.47 Å². The molecule has 1 rings (SSSR count). The highest BCUT2D eigenvalue weighted by molar-refractivity contribution is 5.20. The van der Waals surface area contributed by atoms with Crippen LogP contribution >= 0.6 is 0 Å². The lowest BCUT2D eigenvalue weighted by Gasteiger charge is -2.13. The monoisotopic (exact) mass is 210 g/mol. The van der Waals surface area contributed by atoms with E-state index in [-0.39, 0.29) is 6.10 Å². The fraction of sp³-hybridized carbons (Fsp3) is 0.538. The quantitative estimate of drug-likeness (QED) is 0.740. The van der Waals surface area contributed by atoms with Crippen LogP contribution in [0.5, 0.6) is 5.75 Å².